The van der Waals surface area contributed by atoms with Crippen molar-refractivity contribution < 1.29 is 9.53 Å². The molecule has 0 spiro atoms. The van der Waals surface area contributed by atoms with E-state index in [1.54, 1.807) is 0 Å². The zero-order valence-electron chi connectivity index (χ0n) is 18.2. The van der Waals surface area contributed by atoms with Crippen LogP contribution in [-0.2, 0) is 16.1 Å². The van der Waals surface area contributed by atoms with Crippen molar-refractivity contribution >= 4 is 17.7 Å². The summed E-state index contributed by atoms with van der Waals surface area (Å²) in [5.74, 6) is 2.74. The van der Waals surface area contributed by atoms with Crippen LogP contribution in [0.5, 0.6) is 0 Å². The number of guanidine groups is 1. The maximum Gasteiger partial charge on any atom is 0.310 e. The third kappa shape index (κ3) is 5.40. The van der Waals surface area contributed by atoms with Gasteiger partial charge in [0.2, 0.25) is 0 Å². The van der Waals surface area contributed by atoms with Gasteiger partial charge in [0.25, 0.3) is 0 Å². The molecule has 0 bridgehead atoms. The zero-order valence-corrected chi connectivity index (χ0v) is 18.2. The van der Waals surface area contributed by atoms with E-state index in [0.29, 0.717) is 13.1 Å². The van der Waals surface area contributed by atoms with Gasteiger partial charge in [-0.3, -0.25) is 4.79 Å². The van der Waals surface area contributed by atoms with Gasteiger partial charge in [0.05, 0.1) is 19.6 Å². The number of methoxy groups -OCH3 is 1. The third-order valence-electron chi connectivity index (χ3n) is 6.08. The first-order valence-corrected chi connectivity index (χ1v) is 10.8. The molecule has 3 heterocycles. The molecule has 2 atom stereocenters. The van der Waals surface area contributed by atoms with Crippen molar-refractivity contribution in [3.8, 4) is 0 Å². The van der Waals surface area contributed by atoms with Gasteiger partial charge < -0.3 is 19.9 Å². The van der Waals surface area contributed by atoms with E-state index in [1.165, 1.54) is 20.0 Å². The predicted octanol–water partition coefficient (Wildman–Crippen LogP) is 2.52. The standard InChI is InChI=1S/C22H35N5O2/c1-5-23-22(27-14-17(3)19(15-27)21(28)29-4)25-13-18-6-7-20(24-12-18)26-10-8-16(2)9-11-26/h6-7,12,16-17,19H,5,8-11,13-15H2,1-4H3,(H,23,25). The summed E-state index contributed by atoms with van der Waals surface area (Å²) in [6.45, 7) is 11.5. The minimum atomic E-state index is -0.136. The number of ether oxygens (including phenoxy) is 1. The minimum absolute atomic E-state index is 0.0999. The van der Waals surface area contributed by atoms with Gasteiger partial charge in [0, 0.05) is 38.9 Å². The second kappa shape index (κ2) is 9.94. The van der Waals surface area contributed by atoms with Crippen LogP contribution in [0.1, 0.15) is 39.2 Å². The van der Waals surface area contributed by atoms with Gasteiger partial charge in [0.15, 0.2) is 5.96 Å². The molecule has 1 N–H and O–H groups in total. The first-order chi connectivity index (χ1) is 14.0. The molecule has 29 heavy (non-hydrogen) atoms. The highest BCUT2D eigenvalue weighted by Gasteiger charge is 2.36. The summed E-state index contributed by atoms with van der Waals surface area (Å²) in [6.07, 6.45) is 4.41. The molecule has 0 amide bonds. The van der Waals surface area contributed by atoms with Crippen molar-refractivity contribution in [1.29, 1.82) is 0 Å². The third-order valence-corrected chi connectivity index (χ3v) is 6.08. The molecule has 0 radical (unpaired) electrons. The fourth-order valence-corrected chi connectivity index (χ4v) is 4.12. The summed E-state index contributed by atoms with van der Waals surface area (Å²) < 4.78 is 4.95. The number of hydrogen-bond donors (Lipinski definition) is 1. The van der Waals surface area contributed by atoms with E-state index in [9.17, 15) is 4.79 Å². The number of pyridine rings is 1. The summed E-state index contributed by atoms with van der Waals surface area (Å²) in [5.41, 5.74) is 1.09. The second-order valence-electron chi connectivity index (χ2n) is 8.38. The number of rotatable bonds is 5. The molecule has 2 fully saturated rings. The first-order valence-electron chi connectivity index (χ1n) is 10.8. The van der Waals surface area contributed by atoms with Crippen LogP contribution in [0.15, 0.2) is 23.3 Å². The smallest absolute Gasteiger partial charge is 0.310 e. The maximum atomic E-state index is 12.0. The molecule has 2 unspecified atom stereocenters. The normalized spacial score (nSPS) is 23.4. The van der Waals surface area contributed by atoms with E-state index in [0.717, 1.165) is 49.4 Å². The average molecular weight is 402 g/mol. The number of hydrogen-bond acceptors (Lipinski definition) is 5. The Balaban J connectivity index is 1.62. The van der Waals surface area contributed by atoms with Gasteiger partial charge in [-0.1, -0.05) is 19.9 Å². The van der Waals surface area contributed by atoms with Crippen LogP contribution >= 0.6 is 0 Å². The van der Waals surface area contributed by atoms with Gasteiger partial charge in [0.1, 0.15) is 5.82 Å². The van der Waals surface area contributed by atoms with Crippen LogP contribution in [0.3, 0.4) is 0 Å². The van der Waals surface area contributed by atoms with Crippen LogP contribution in [0.25, 0.3) is 0 Å². The minimum Gasteiger partial charge on any atom is -0.469 e. The molecule has 160 valence electrons. The Kier molecular flexibility index (Phi) is 7.34. The monoisotopic (exact) mass is 401 g/mol. The summed E-state index contributed by atoms with van der Waals surface area (Å²) in [7, 11) is 1.46. The summed E-state index contributed by atoms with van der Waals surface area (Å²) in [5, 5.41) is 3.36. The van der Waals surface area contributed by atoms with Gasteiger partial charge in [-0.15, -0.1) is 0 Å². The van der Waals surface area contributed by atoms with Crippen molar-refractivity contribution in [3.63, 3.8) is 0 Å². The maximum absolute atomic E-state index is 12.0. The molecule has 2 aliphatic heterocycles. The molecule has 0 saturated carbocycles. The second-order valence-corrected chi connectivity index (χ2v) is 8.38. The summed E-state index contributed by atoms with van der Waals surface area (Å²) in [4.78, 5) is 26.0. The number of carbonyl (C=O) groups excluding carboxylic acids is 1. The largest absolute Gasteiger partial charge is 0.469 e. The Morgan fingerprint density at radius 2 is 2.03 bits per heavy atom. The van der Waals surface area contributed by atoms with E-state index in [2.05, 4.69) is 53.0 Å². The summed E-state index contributed by atoms with van der Waals surface area (Å²) >= 11 is 0. The fourth-order valence-electron chi connectivity index (χ4n) is 4.12. The lowest BCUT2D eigenvalue weighted by Crippen LogP contribution is -2.40. The molecular formula is C22H35N5O2. The number of nitrogens with zero attached hydrogens (tertiary/aromatic N) is 4. The Morgan fingerprint density at radius 1 is 1.28 bits per heavy atom. The average Bonchev–Trinajstić information content (AvgIpc) is 3.13. The molecule has 0 aromatic carbocycles. The number of aromatic nitrogens is 1. The molecule has 1 aromatic heterocycles. The van der Waals surface area contributed by atoms with Gasteiger partial charge in [-0.05, 0) is 43.2 Å². The number of anilines is 1. The first kappa shape index (κ1) is 21.4. The van der Waals surface area contributed by atoms with Gasteiger partial charge >= 0.3 is 5.97 Å². The van der Waals surface area contributed by atoms with Gasteiger partial charge in [-0.2, -0.15) is 0 Å². The van der Waals surface area contributed by atoms with E-state index in [4.69, 9.17) is 9.73 Å². The number of carbonyl (C=O) groups is 1. The number of aliphatic imine (C=N–C) groups is 1. The van der Waals surface area contributed by atoms with Crippen LogP contribution in [-0.4, -0.2) is 61.6 Å². The lowest BCUT2D eigenvalue weighted by atomic mass is 9.99. The molecule has 0 aliphatic carbocycles. The Bertz CT molecular complexity index is 698. The zero-order chi connectivity index (χ0) is 20.8. The molecule has 2 aliphatic rings. The van der Waals surface area contributed by atoms with Crippen molar-refractivity contribution in [1.82, 2.24) is 15.2 Å². The van der Waals surface area contributed by atoms with Crippen molar-refractivity contribution in [2.75, 3.05) is 44.7 Å². The van der Waals surface area contributed by atoms with E-state index < -0.39 is 0 Å². The topological polar surface area (TPSA) is 70.1 Å². The number of esters is 1. The predicted molar refractivity (Wildman–Crippen MR) is 116 cm³/mol. The highest BCUT2D eigenvalue weighted by Crippen LogP contribution is 2.24. The molecule has 1 aromatic rings. The Labute approximate surface area is 174 Å². The highest BCUT2D eigenvalue weighted by atomic mass is 16.5. The number of nitrogens with one attached hydrogen (secondary N) is 1. The highest BCUT2D eigenvalue weighted by molar-refractivity contribution is 5.82. The molecule has 7 heteroatoms. The molecule has 2 saturated heterocycles. The summed E-state index contributed by atoms with van der Waals surface area (Å²) in [6, 6.07) is 4.23. The Morgan fingerprint density at radius 3 is 2.66 bits per heavy atom. The number of likely N-dealkylation sites (tertiary alicyclic amines) is 1. The van der Waals surface area contributed by atoms with Crippen molar-refractivity contribution in [2.24, 2.45) is 22.7 Å². The fraction of sp³-hybridized carbons (Fsp3) is 0.682. The van der Waals surface area contributed by atoms with Crippen molar-refractivity contribution in [3.05, 3.63) is 23.9 Å². The van der Waals surface area contributed by atoms with E-state index >= 15 is 0 Å². The van der Waals surface area contributed by atoms with Crippen molar-refractivity contribution in [2.45, 2.75) is 40.2 Å². The van der Waals surface area contributed by atoms with E-state index in [1.807, 2.05) is 6.20 Å². The Hall–Kier alpha value is -2.31. The van der Waals surface area contributed by atoms with Crippen LogP contribution in [0.4, 0.5) is 5.82 Å². The van der Waals surface area contributed by atoms with Crippen LogP contribution in [0.2, 0.25) is 0 Å². The lowest BCUT2D eigenvalue weighted by molar-refractivity contribution is -0.145. The SMILES string of the molecule is CCNC(=NCc1ccc(N2CCC(C)CC2)nc1)N1CC(C)C(C(=O)OC)C1. The lowest BCUT2D eigenvalue weighted by Gasteiger charge is -2.31. The van der Waals surface area contributed by atoms with E-state index in [-0.39, 0.29) is 17.8 Å². The molecule has 7 nitrogen and oxygen atoms in total. The van der Waals surface area contributed by atoms with Crippen LogP contribution in [0, 0.1) is 17.8 Å². The molecule has 3 rings (SSSR count). The number of piperidine rings is 1. The quantitative estimate of drug-likeness (QED) is 0.464. The van der Waals surface area contributed by atoms with Gasteiger partial charge in [-0.25, -0.2) is 9.98 Å². The van der Waals surface area contributed by atoms with Crippen LogP contribution < -0.4 is 10.2 Å². The molecular weight excluding hydrogens is 366 g/mol.